The van der Waals surface area contributed by atoms with E-state index in [1.807, 2.05) is 102 Å². The van der Waals surface area contributed by atoms with Gasteiger partial charge in [0.25, 0.3) is 0 Å². The summed E-state index contributed by atoms with van der Waals surface area (Å²) in [6.07, 6.45) is 1.85. The van der Waals surface area contributed by atoms with Crippen LogP contribution in [0.5, 0.6) is 5.75 Å². The van der Waals surface area contributed by atoms with E-state index in [0.717, 1.165) is 83.3 Å². The molecule has 0 saturated heterocycles. The number of aromatic nitrogens is 4. The number of para-hydroxylation sites is 4. The van der Waals surface area contributed by atoms with Gasteiger partial charge in [-0.1, -0.05) is 161 Å². The minimum absolute atomic E-state index is 0. The van der Waals surface area contributed by atoms with Gasteiger partial charge in [-0.05, 0) is 89.0 Å². The molecule has 0 fully saturated rings. The molecule has 0 aliphatic carbocycles. The van der Waals surface area contributed by atoms with Gasteiger partial charge in [-0.2, -0.15) is 0 Å². The van der Waals surface area contributed by atoms with Crippen molar-refractivity contribution in [1.82, 2.24) is 19.1 Å². The molecule has 0 unspecified atom stereocenters. The van der Waals surface area contributed by atoms with Gasteiger partial charge in [-0.25, -0.2) is 4.98 Å². The molecule has 0 amide bonds. The van der Waals surface area contributed by atoms with E-state index < -0.39 is 6.85 Å². The Morgan fingerprint density at radius 1 is 0.557 bits per heavy atom. The van der Waals surface area contributed by atoms with Crippen molar-refractivity contribution in [3.8, 4) is 73.2 Å². The Hall–Kier alpha value is -7.33. The number of fused-ring (bicyclic) bond motifs is 4. The van der Waals surface area contributed by atoms with E-state index in [1.165, 1.54) is 0 Å². The summed E-state index contributed by atoms with van der Waals surface area (Å²) in [4.78, 5) is 10.4. The summed E-state index contributed by atoms with van der Waals surface area (Å²) in [6, 6.07) is 67.7. The number of pyridine rings is 1. The average Bonchev–Trinajstić information content (AvgIpc) is 3.88. The van der Waals surface area contributed by atoms with Crippen LogP contribution in [0, 0.1) is 12.9 Å². The SMILES string of the molecule is [2H]C([2H])([2H])c1ccc(-n2c(-c3ccccc3O)nc3c(-c4[c-]c(-c5cc(-c6ccccc6)ccn5)cc5c6ccccc6n(-c6ccccc6)c45)cccc32)c(-c2ccccc2)c1.[Pt]. The van der Waals surface area contributed by atoms with Crippen molar-refractivity contribution in [3.63, 3.8) is 0 Å². The van der Waals surface area contributed by atoms with Crippen LogP contribution in [0.25, 0.3) is 100 Å². The standard InChI is InChI=1S/C55H37N4O.Pt/c1-36-28-29-50(45(32-36)38-18-7-3-8-19-38)59-51-26-15-24-43(53(51)57-55(59)44-23-12-14-27-52(44)60)47-34-40(48-35-39(30-31-56-48)37-16-5-2-6-17-37)33-46-42-22-11-13-25-49(42)58(54(46)47)41-20-9-4-10-21-41;/h2-33,35,60H,1H3;/q-1;/i1D3;. The first-order chi connectivity index (χ1) is 30.8. The zero-order chi connectivity index (χ0) is 42.7. The maximum Gasteiger partial charge on any atom is 0.148 e. The molecule has 11 aromatic rings. The van der Waals surface area contributed by atoms with Gasteiger partial charge >= 0.3 is 0 Å². The first-order valence-electron chi connectivity index (χ1n) is 21.4. The van der Waals surface area contributed by atoms with E-state index in [4.69, 9.17) is 14.1 Å². The molecule has 0 spiro atoms. The predicted molar refractivity (Wildman–Crippen MR) is 246 cm³/mol. The van der Waals surface area contributed by atoms with Gasteiger partial charge in [-0.15, -0.1) is 12.1 Å². The van der Waals surface area contributed by atoms with E-state index in [1.54, 1.807) is 24.3 Å². The summed E-state index contributed by atoms with van der Waals surface area (Å²) in [6.45, 7) is -2.33. The molecule has 61 heavy (non-hydrogen) atoms. The molecule has 3 aromatic heterocycles. The fourth-order valence-corrected chi connectivity index (χ4v) is 8.57. The van der Waals surface area contributed by atoms with Crippen LogP contribution in [0.4, 0.5) is 0 Å². The molecule has 0 atom stereocenters. The zero-order valence-corrected chi connectivity index (χ0v) is 34.9. The van der Waals surface area contributed by atoms with Gasteiger partial charge in [0.05, 0.1) is 22.3 Å². The summed E-state index contributed by atoms with van der Waals surface area (Å²) >= 11 is 0. The molecule has 0 aliphatic rings. The number of nitrogens with zero attached hydrogens (tertiary/aromatic N) is 4. The second kappa shape index (κ2) is 15.7. The molecule has 0 radical (unpaired) electrons. The predicted octanol–water partition coefficient (Wildman–Crippen LogP) is 13.7. The molecule has 3 heterocycles. The second-order valence-electron chi connectivity index (χ2n) is 14.9. The zero-order valence-electron chi connectivity index (χ0n) is 35.6. The molecular formula is C55H37N4OPt-. The fourth-order valence-electron chi connectivity index (χ4n) is 8.57. The molecule has 0 aliphatic heterocycles. The molecule has 6 heteroatoms. The van der Waals surface area contributed by atoms with Crippen molar-refractivity contribution >= 4 is 32.8 Å². The van der Waals surface area contributed by atoms with Gasteiger partial charge in [0.1, 0.15) is 11.6 Å². The Morgan fingerprint density at radius 2 is 1.25 bits per heavy atom. The molecular weight excluding hydrogens is 928 g/mol. The van der Waals surface area contributed by atoms with E-state index in [-0.39, 0.29) is 32.4 Å². The van der Waals surface area contributed by atoms with Crippen LogP contribution in [-0.4, -0.2) is 24.2 Å². The van der Waals surface area contributed by atoms with Crippen molar-refractivity contribution in [1.29, 1.82) is 0 Å². The Morgan fingerprint density at radius 3 is 2.03 bits per heavy atom. The number of phenols is 1. The fraction of sp³-hybridized carbons (Fsp3) is 0.0182. The minimum Gasteiger partial charge on any atom is -0.507 e. The van der Waals surface area contributed by atoms with Gasteiger partial charge in [0.2, 0.25) is 0 Å². The normalized spacial score (nSPS) is 12.2. The minimum atomic E-state index is -2.33. The van der Waals surface area contributed by atoms with Gasteiger partial charge in [-0.3, -0.25) is 9.55 Å². The smallest absolute Gasteiger partial charge is 0.148 e. The third kappa shape index (κ3) is 6.55. The van der Waals surface area contributed by atoms with Crippen LogP contribution in [0.2, 0.25) is 0 Å². The van der Waals surface area contributed by atoms with Crippen LogP contribution < -0.4 is 0 Å². The summed E-state index contributed by atoms with van der Waals surface area (Å²) in [5, 5.41) is 13.6. The largest absolute Gasteiger partial charge is 0.507 e. The molecule has 0 saturated carbocycles. The molecule has 5 nitrogen and oxygen atoms in total. The van der Waals surface area contributed by atoms with Gasteiger partial charge in [0, 0.05) is 53.8 Å². The van der Waals surface area contributed by atoms with Crippen molar-refractivity contribution in [2.75, 3.05) is 0 Å². The molecule has 294 valence electrons. The van der Waals surface area contributed by atoms with E-state index in [9.17, 15) is 5.11 Å². The Labute approximate surface area is 372 Å². The third-order valence-electron chi connectivity index (χ3n) is 11.3. The molecule has 0 bridgehead atoms. The number of hydrogen-bond acceptors (Lipinski definition) is 3. The van der Waals surface area contributed by atoms with Crippen LogP contribution >= 0.6 is 0 Å². The average molecular weight is 968 g/mol. The summed E-state index contributed by atoms with van der Waals surface area (Å²) in [5.74, 6) is 0.572. The number of benzene rings is 8. The van der Waals surface area contributed by atoms with Crippen LogP contribution in [0.1, 0.15) is 9.68 Å². The maximum atomic E-state index is 11.5. The monoisotopic (exact) mass is 967 g/mol. The van der Waals surface area contributed by atoms with Crippen molar-refractivity contribution in [2.45, 2.75) is 6.85 Å². The summed E-state index contributed by atoms with van der Waals surface area (Å²) < 4.78 is 29.3. The topological polar surface area (TPSA) is 55.9 Å². The number of aromatic hydroxyl groups is 1. The number of phenolic OH excluding ortho intramolecular Hbond substituents is 1. The molecule has 1 N–H and O–H groups in total. The summed E-state index contributed by atoms with van der Waals surface area (Å²) in [5.41, 5.74) is 12.9. The maximum absolute atomic E-state index is 11.5. The molecule has 11 rings (SSSR count). The first-order valence-corrected chi connectivity index (χ1v) is 19.9. The van der Waals surface area contributed by atoms with Gasteiger partial charge < -0.3 is 9.67 Å². The van der Waals surface area contributed by atoms with Crippen LogP contribution in [0.15, 0.2) is 200 Å². The van der Waals surface area contributed by atoms with Crippen LogP contribution in [-0.2, 0) is 21.1 Å². The van der Waals surface area contributed by atoms with Crippen molar-refractivity contribution < 1.29 is 30.3 Å². The Balaban J connectivity index is 0.00000484. The third-order valence-corrected chi connectivity index (χ3v) is 11.3. The second-order valence-corrected chi connectivity index (χ2v) is 14.9. The summed E-state index contributed by atoms with van der Waals surface area (Å²) in [7, 11) is 0. The van der Waals surface area contributed by atoms with Crippen molar-refractivity contribution in [2.24, 2.45) is 0 Å². The number of hydrogen-bond donors (Lipinski definition) is 1. The number of rotatable bonds is 7. The van der Waals surface area contributed by atoms with Crippen LogP contribution in [0.3, 0.4) is 0 Å². The van der Waals surface area contributed by atoms with E-state index in [0.29, 0.717) is 16.9 Å². The first kappa shape index (κ1) is 34.5. The van der Waals surface area contributed by atoms with Crippen molar-refractivity contribution in [3.05, 3.63) is 212 Å². The van der Waals surface area contributed by atoms with E-state index in [2.05, 4.69) is 89.5 Å². The van der Waals surface area contributed by atoms with Gasteiger partial charge in [0.15, 0.2) is 0 Å². The van der Waals surface area contributed by atoms with E-state index >= 15 is 0 Å². The Kier molecular flexibility index (Phi) is 8.88. The Bertz CT molecular complexity index is 3510. The number of imidazole rings is 1. The molecule has 8 aromatic carbocycles. The number of aryl methyl sites for hydroxylation is 1. The quantitative estimate of drug-likeness (QED) is 0.162.